The highest BCUT2D eigenvalue weighted by atomic mass is 16.1. The van der Waals surface area contributed by atoms with Crippen LogP contribution >= 0.6 is 0 Å². The van der Waals surface area contributed by atoms with Gasteiger partial charge in [0.1, 0.15) is 0 Å². The second kappa shape index (κ2) is 11.1. The van der Waals surface area contributed by atoms with Crippen LogP contribution in [0.3, 0.4) is 0 Å². The highest BCUT2D eigenvalue weighted by Gasteiger charge is 2.29. The van der Waals surface area contributed by atoms with Crippen molar-refractivity contribution >= 4 is 11.4 Å². The number of Topliss-reactive ketones (excluding diaryl/α,β-unsaturated/α-hetero) is 1. The molecular formula is C30H35N5O. The van der Waals surface area contributed by atoms with Gasteiger partial charge in [-0.1, -0.05) is 54.6 Å². The van der Waals surface area contributed by atoms with Crippen molar-refractivity contribution in [1.82, 2.24) is 24.4 Å². The van der Waals surface area contributed by atoms with Crippen LogP contribution in [0.15, 0.2) is 73.2 Å². The first-order valence-corrected chi connectivity index (χ1v) is 13.0. The van der Waals surface area contributed by atoms with Crippen LogP contribution in [0.5, 0.6) is 0 Å². The van der Waals surface area contributed by atoms with E-state index in [-0.39, 0.29) is 6.04 Å². The first kappa shape index (κ1) is 24.3. The zero-order valence-corrected chi connectivity index (χ0v) is 21.3. The van der Waals surface area contributed by atoms with E-state index >= 15 is 0 Å². The molecule has 1 saturated heterocycles. The van der Waals surface area contributed by atoms with E-state index in [1.807, 2.05) is 55.4 Å². The van der Waals surface area contributed by atoms with Crippen LogP contribution in [0.1, 0.15) is 31.2 Å². The smallest absolute Gasteiger partial charge is 0.162 e. The SMILES string of the molecule is CN(C)CCC(=O)[C@@H]1CCCN1CCCc1ccc(-c2cnc3c(-c4ccccc4)cnn3c2)cc1. The Balaban J connectivity index is 1.18. The van der Waals surface area contributed by atoms with Crippen molar-refractivity contribution in [2.24, 2.45) is 0 Å². The number of aromatic nitrogens is 3. The van der Waals surface area contributed by atoms with E-state index in [1.54, 1.807) is 0 Å². The Labute approximate surface area is 213 Å². The van der Waals surface area contributed by atoms with Gasteiger partial charge in [-0.15, -0.1) is 0 Å². The van der Waals surface area contributed by atoms with Crippen LogP contribution in [0.4, 0.5) is 0 Å². The third-order valence-corrected chi connectivity index (χ3v) is 7.18. The summed E-state index contributed by atoms with van der Waals surface area (Å²) < 4.78 is 1.86. The molecule has 0 unspecified atom stereocenters. The summed E-state index contributed by atoms with van der Waals surface area (Å²) in [5.74, 6) is 0.407. The fourth-order valence-corrected chi connectivity index (χ4v) is 5.15. The van der Waals surface area contributed by atoms with Gasteiger partial charge in [-0.25, -0.2) is 9.50 Å². The van der Waals surface area contributed by atoms with Crippen molar-refractivity contribution < 1.29 is 4.79 Å². The van der Waals surface area contributed by atoms with E-state index in [0.717, 1.165) is 73.2 Å². The Kier molecular flexibility index (Phi) is 7.54. The van der Waals surface area contributed by atoms with Gasteiger partial charge < -0.3 is 4.90 Å². The molecule has 4 aromatic rings. The maximum atomic E-state index is 12.6. The molecule has 0 amide bonds. The summed E-state index contributed by atoms with van der Waals surface area (Å²) in [4.78, 5) is 21.9. The van der Waals surface area contributed by atoms with E-state index in [4.69, 9.17) is 4.98 Å². The fraction of sp³-hybridized carbons (Fsp3) is 0.367. The van der Waals surface area contributed by atoms with Crippen LogP contribution in [0, 0.1) is 0 Å². The first-order valence-electron chi connectivity index (χ1n) is 13.0. The van der Waals surface area contributed by atoms with Crippen LogP contribution in [-0.4, -0.2) is 70.0 Å². The molecule has 0 bridgehead atoms. The van der Waals surface area contributed by atoms with Gasteiger partial charge in [0.2, 0.25) is 0 Å². The monoisotopic (exact) mass is 481 g/mol. The topological polar surface area (TPSA) is 53.7 Å². The number of aryl methyl sites for hydroxylation is 1. The number of carbonyl (C=O) groups is 1. The van der Waals surface area contributed by atoms with Crippen LogP contribution in [-0.2, 0) is 11.2 Å². The highest BCUT2D eigenvalue weighted by molar-refractivity contribution is 5.84. The Bertz CT molecular complexity index is 1300. The normalized spacial score (nSPS) is 16.2. The standard InChI is InChI=1S/C30H35N5O/c1-33(2)19-16-29(36)28-11-7-18-34(28)17-6-8-23-12-14-24(15-13-23)26-20-31-30-27(21-32-35(30)22-26)25-9-4-3-5-10-25/h3-5,9-10,12-15,20-22,28H,6-8,11,16-19H2,1-2H3/t28-/m0/s1. The van der Waals surface area contributed by atoms with Gasteiger partial charge in [0.25, 0.3) is 0 Å². The number of carbonyl (C=O) groups excluding carboxylic acids is 1. The first-order chi connectivity index (χ1) is 17.6. The lowest BCUT2D eigenvalue weighted by Gasteiger charge is -2.24. The van der Waals surface area contributed by atoms with E-state index < -0.39 is 0 Å². The number of hydrogen-bond acceptors (Lipinski definition) is 5. The molecule has 0 N–H and O–H groups in total. The fourth-order valence-electron chi connectivity index (χ4n) is 5.15. The molecule has 2 aromatic heterocycles. The van der Waals surface area contributed by atoms with Crippen LogP contribution < -0.4 is 0 Å². The Morgan fingerprint density at radius 1 is 1.00 bits per heavy atom. The average molecular weight is 482 g/mol. The Morgan fingerprint density at radius 3 is 2.58 bits per heavy atom. The summed E-state index contributed by atoms with van der Waals surface area (Å²) in [6.45, 7) is 2.88. The van der Waals surface area contributed by atoms with Crippen LogP contribution in [0.25, 0.3) is 27.9 Å². The number of hydrogen-bond donors (Lipinski definition) is 0. The molecule has 1 atom stereocenters. The largest absolute Gasteiger partial charge is 0.309 e. The maximum absolute atomic E-state index is 12.6. The number of benzene rings is 2. The van der Waals surface area contributed by atoms with Gasteiger partial charge in [0.15, 0.2) is 11.4 Å². The molecule has 1 aliphatic rings. The predicted octanol–water partition coefficient (Wildman–Crippen LogP) is 4.98. The number of likely N-dealkylation sites (tertiary alicyclic amines) is 1. The molecule has 6 nitrogen and oxygen atoms in total. The van der Waals surface area contributed by atoms with Gasteiger partial charge in [0.05, 0.1) is 12.2 Å². The minimum Gasteiger partial charge on any atom is -0.309 e. The number of rotatable bonds is 10. The molecule has 186 valence electrons. The molecular weight excluding hydrogens is 446 g/mol. The lowest BCUT2D eigenvalue weighted by Crippen LogP contribution is -2.38. The van der Waals surface area contributed by atoms with Gasteiger partial charge >= 0.3 is 0 Å². The Hall–Kier alpha value is -3.35. The number of nitrogens with zero attached hydrogens (tertiary/aromatic N) is 5. The molecule has 6 heteroatoms. The summed E-state index contributed by atoms with van der Waals surface area (Å²) in [6, 6.07) is 19.1. The molecule has 2 aromatic carbocycles. The van der Waals surface area contributed by atoms with E-state index in [2.05, 4.69) is 51.3 Å². The van der Waals surface area contributed by atoms with Crippen molar-refractivity contribution in [2.75, 3.05) is 33.7 Å². The predicted molar refractivity (Wildman–Crippen MR) is 145 cm³/mol. The average Bonchev–Trinajstić information content (AvgIpc) is 3.55. The summed E-state index contributed by atoms with van der Waals surface area (Å²) in [7, 11) is 4.05. The zero-order valence-electron chi connectivity index (χ0n) is 21.3. The summed E-state index contributed by atoms with van der Waals surface area (Å²) in [5, 5.41) is 4.54. The molecule has 0 radical (unpaired) electrons. The summed E-state index contributed by atoms with van der Waals surface area (Å²) in [6.07, 6.45) is 10.8. The summed E-state index contributed by atoms with van der Waals surface area (Å²) in [5.41, 5.74) is 6.53. The third kappa shape index (κ3) is 5.55. The number of fused-ring (bicyclic) bond motifs is 1. The van der Waals surface area contributed by atoms with E-state index in [1.165, 1.54) is 5.56 Å². The lowest BCUT2D eigenvalue weighted by atomic mass is 10.0. The quantitative estimate of drug-likeness (QED) is 0.320. The maximum Gasteiger partial charge on any atom is 0.162 e. The molecule has 0 aliphatic carbocycles. The Morgan fingerprint density at radius 2 is 1.81 bits per heavy atom. The van der Waals surface area contributed by atoms with Crippen LogP contribution in [0.2, 0.25) is 0 Å². The summed E-state index contributed by atoms with van der Waals surface area (Å²) >= 11 is 0. The molecule has 0 spiro atoms. The molecule has 36 heavy (non-hydrogen) atoms. The lowest BCUT2D eigenvalue weighted by molar-refractivity contribution is -0.123. The van der Waals surface area contributed by atoms with Crippen molar-refractivity contribution in [3.05, 3.63) is 78.8 Å². The van der Waals surface area contributed by atoms with Crippen molar-refractivity contribution in [3.63, 3.8) is 0 Å². The van der Waals surface area contributed by atoms with Gasteiger partial charge in [-0.2, -0.15) is 5.10 Å². The number of ketones is 1. The van der Waals surface area contributed by atoms with Crippen molar-refractivity contribution in [1.29, 1.82) is 0 Å². The molecule has 1 fully saturated rings. The van der Waals surface area contributed by atoms with E-state index in [9.17, 15) is 4.79 Å². The third-order valence-electron chi connectivity index (χ3n) is 7.18. The second-order valence-electron chi connectivity index (χ2n) is 10.0. The molecule has 0 saturated carbocycles. The van der Waals surface area contributed by atoms with Crippen molar-refractivity contribution in [3.8, 4) is 22.3 Å². The molecule has 5 rings (SSSR count). The van der Waals surface area contributed by atoms with Gasteiger partial charge in [0, 0.05) is 36.5 Å². The minimum atomic E-state index is 0.124. The molecule has 3 heterocycles. The van der Waals surface area contributed by atoms with Crippen molar-refractivity contribution in [2.45, 2.75) is 38.1 Å². The second-order valence-corrected chi connectivity index (χ2v) is 10.0. The van der Waals surface area contributed by atoms with Gasteiger partial charge in [-0.05, 0) is 69.6 Å². The van der Waals surface area contributed by atoms with Gasteiger partial charge in [-0.3, -0.25) is 9.69 Å². The highest BCUT2D eigenvalue weighted by Crippen LogP contribution is 2.26. The minimum absolute atomic E-state index is 0.124. The zero-order chi connectivity index (χ0) is 24.9. The van der Waals surface area contributed by atoms with E-state index in [0.29, 0.717) is 12.2 Å². The molecule has 1 aliphatic heterocycles.